The van der Waals surface area contributed by atoms with Crippen molar-refractivity contribution in [2.24, 2.45) is 11.3 Å². The number of hydrogen-bond donors (Lipinski definition) is 2. The van der Waals surface area contributed by atoms with Crippen molar-refractivity contribution in [3.8, 4) is 0 Å². The van der Waals surface area contributed by atoms with E-state index in [9.17, 15) is 4.79 Å². The van der Waals surface area contributed by atoms with Crippen molar-refractivity contribution in [2.75, 3.05) is 36.4 Å². The van der Waals surface area contributed by atoms with E-state index in [1.165, 1.54) is 25.7 Å². The molecule has 0 radical (unpaired) electrons. The quantitative estimate of drug-likeness (QED) is 0.880. The summed E-state index contributed by atoms with van der Waals surface area (Å²) in [7, 11) is 0. The second kappa shape index (κ2) is 7.28. The number of nitrogens with zero attached hydrogens (tertiary/aromatic N) is 2. The molecule has 1 aromatic rings. The van der Waals surface area contributed by atoms with Crippen LogP contribution in [0.15, 0.2) is 18.3 Å². The van der Waals surface area contributed by atoms with Gasteiger partial charge in [0.1, 0.15) is 5.82 Å². The Hall–Kier alpha value is -1.33. The van der Waals surface area contributed by atoms with E-state index in [0.29, 0.717) is 11.7 Å². The number of rotatable bonds is 3. The second-order valence-corrected chi connectivity index (χ2v) is 7.28. The summed E-state index contributed by atoms with van der Waals surface area (Å²) in [6, 6.07) is 4.03. The van der Waals surface area contributed by atoms with E-state index in [0.717, 1.165) is 44.7 Å². The topological polar surface area (TPSA) is 57.3 Å². The Morgan fingerprint density at radius 2 is 2.08 bits per heavy atom. The van der Waals surface area contributed by atoms with E-state index in [-0.39, 0.29) is 23.7 Å². The first-order chi connectivity index (χ1) is 11.3. The zero-order chi connectivity index (χ0) is 15.7. The predicted molar refractivity (Wildman–Crippen MR) is 98.8 cm³/mol. The van der Waals surface area contributed by atoms with Gasteiger partial charge in [0.05, 0.1) is 17.3 Å². The molecule has 3 fully saturated rings. The Bertz CT molecular complexity index is 573. The van der Waals surface area contributed by atoms with E-state index in [2.05, 4.69) is 26.6 Å². The fourth-order valence-corrected chi connectivity index (χ4v) is 4.55. The SMILES string of the molecule is Cl.O=C(Nc1ccc(N2CCCC2)cn1)[C@@]12CCCC[C@H]1CNC2. The van der Waals surface area contributed by atoms with Crippen LogP contribution in [0.2, 0.25) is 0 Å². The summed E-state index contributed by atoms with van der Waals surface area (Å²) >= 11 is 0. The van der Waals surface area contributed by atoms with Crippen LogP contribution in [0.4, 0.5) is 11.5 Å². The van der Waals surface area contributed by atoms with Gasteiger partial charge in [-0.3, -0.25) is 4.79 Å². The minimum atomic E-state index is -0.215. The Kier molecular flexibility index (Phi) is 5.30. The van der Waals surface area contributed by atoms with Gasteiger partial charge in [-0.15, -0.1) is 12.4 Å². The molecule has 6 heteroatoms. The fourth-order valence-electron chi connectivity index (χ4n) is 4.55. The van der Waals surface area contributed by atoms with Crippen LogP contribution in [0.1, 0.15) is 38.5 Å². The number of nitrogens with one attached hydrogen (secondary N) is 2. The molecule has 0 unspecified atom stereocenters. The molecule has 2 saturated heterocycles. The molecule has 0 bridgehead atoms. The van der Waals surface area contributed by atoms with Crippen LogP contribution in [0, 0.1) is 11.3 Å². The molecule has 1 amide bonds. The van der Waals surface area contributed by atoms with Crippen molar-refractivity contribution >= 4 is 29.8 Å². The first-order valence-corrected chi connectivity index (χ1v) is 9.01. The Morgan fingerprint density at radius 3 is 2.83 bits per heavy atom. The van der Waals surface area contributed by atoms with Gasteiger partial charge < -0.3 is 15.5 Å². The summed E-state index contributed by atoms with van der Waals surface area (Å²) in [6.07, 6.45) is 9.00. The lowest BCUT2D eigenvalue weighted by atomic mass is 9.67. The van der Waals surface area contributed by atoms with Gasteiger partial charge in [-0.2, -0.15) is 0 Å². The van der Waals surface area contributed by atoms with Gasteiger partial charge in [0.15, 0.2) is 0 Å². The van der Waals surface area contributed by atoms with E-state index < -0.39 is 0 Å². The van der Waals surface area contributed by atoms with Crippen molar-refractivity contribution in [1.82, 2.24) is 10.3 Å². The molecule has 132 valence electrons. The third kappa shape index (κ3) is 3.11. The summed E-state index contributed by atoms with van der Waals surface area (Å²) in [5.41, 5.74) is 0.949. The van der Waals surface area contributed by atoms with Crippen LogP contribution in [-0.2, 0) is 4.79 Å². The number of aromatic nitrogens is 1. The molecule has 1 aliphatic carbocycles. The maximum Gasteiger partial charge on any atom is 0.233 e. The van der Waals surface area contributed by atoms with E-state index in [1.807, 2.05) is 12.3 Å². The van der Waals surface area contributed by atoms with E-state index >= 15 is 0 Å². The first-order valence-electron chi connectivity index (χ1n) is 9.01. The third-order valence-electron chi connectivity index (χ3n) is 5.95. The zero-order valence-corrected chi connectivity index (χ0v) is 14.9. The van der Waals surface area contributed by atoms with Crippen molar-refractivity contribution in [3.05, 3.63) is 18.3 Å². The average Bonchev–Trinajstić information content (AvgIpc) is 3.25. The molecular weight excluding hydrogens is 324 g/mol. The molecule has 0 aromatic carbocycles. The molecule has 1 saturated carbocycles. The smallest absolute Gasteiger partial charge is 0.233 e. The number of fused-ring (bicyclic) bond motifs is 1. The van der Waals surface area contributed by atoms with Crippen LogP contribution in [0.5, 0.6) is 0 Å². The monoisotopic (exact) mass is 350 g/mol. The molecule has 24 heavy (non-hydrogen) atoms. The molecule has 3 heterocycles. The average molecular weight is 351 g/mol. The molecular formula is C18H27ClN4O. The number of hydrogen-bond acceptors (Lipinski definition) is 4. The van der Waals surface area contributed by atoms with Gasteiger partial charge in [-0.05, 0) is 50.3 Å². The van der Waals surface area contributed by atoms with Gasteiger partial charge in [0, 0.05) is 19.6 Å². The van der Waals surface area contributed by atoms with Crippen LogP contribution in [0.3, 0.4) is 0 Å². The largest absolute Gasteiger partial charge is 0.370 e. The first kappa shape index (κ1) is 17.5. The molecule has 3 aliphatic rings. The lowest BCUT2D eigenvalue weighted by Gasteiger charge is -2.36. The minimum absolute atomic E-state index is 0. The molecule has 0 spiro atoms. The highest BCUT2D eigenvalue weighted by Crippen LogP contribution is 2.44. The van der Waals surface area contributed by atoms with E-state index in [1.54, 1.807) is 0 Å². The number of carbonyl (C=O) groups is 1. The van der Waals surface area contributed by atoms with Crippen LogP contribution in [0.25, 0.3) is 0 Å². The highest BCUT2D eigenvalue weighted by Gasteiger charge is 2.49. The summed E-state index contributed by atoms with van der Waals surface area (Å²) < 4.78 is 0. The Labute approximate surface area is 150 Å². The zero-order valence-electron chi connectivity index (χ0n) is 14.1. The van der Waals surface area contributed by atoms with Crippen LogP contribution in [-0.4, -0.2) is 37.1 Å². The molecule has 5 nitrogen and oxygen atoms in total. The summed E-state index contributed by atoms with van der Waals surface area (Å²) in [5, 5.41) is 6.51. The number of anilines is 2. The lowest BCUT2D eigenvalue weighted by Crippen LogP contribution is -2.44. The maximum absolute atomic E-state index is 12.9. The summed E-state index contributed by atoms with van der Waals surface area (Å²) in [6.45, 7) is 4.03. The van der Waals surface area contributed by atoms with Gasteiger partial charge in [0.2, 0.25) is 5.91 Å². The Balaban J connectivity index is 0.00000169. The van der Waals surface area contributed by atoms with E-state index in [4.69, 9.17) is 0 Å². The van der Waals surface area contributed by atoms with Gasteiger partial charge in [0.25, 0.3) is 0 Å². The highest BCUT2D eigenvalue weighted by molar-refractivity contribution is 5.95. The number of amides is 1. The second-order valence-electron chi connectivity index (χ2n) is 7.28. The standard InChI is InChI=1S/C18H26N4O.ClH/c23-17(18-8-2-1-5-14(18)11-19-13-18)21-16-7-6-15(12-20-16)22-9-3-4-10-22;/h6-7,12,14,19H,1-5,8-11,13H2,(H,20,21,23);1H/t14-,18+;/m0./s1. The van der Waals surface area contributed by atoms with Crippen molar-refractivity contribution in [1.29, 1.82) is 0 Å². The van der Waals surface area contributed by atoms with Crippen molar-refractivity contribution in [3.63, 3.8) is 0 Å². The van der Waals surface area contributed by atoms with Gasteiger partial charge >= 0.3 is 0 Å². The minimum Gasteiger partial charge on any atom is -0.370 e. The highest BCUT2D eigenvalue weighted by atomic mass is 35.5. The van der Waals surface area contributed by atoms with Crippen molar-refractivity contribution in [2.45, 2.75) is 38.5 Å². The van der Waals surface area contributed by atoms with Gasteiger partial charge in [-0.1, -0.05) is 12.8 Å². The number of pyridine rings is 1. The lowest BCUT2D eigenvalue weighted by molar-refractivity contribution is -0.128. The van der Waals surface area contributed by atoms with Crippen LogP contribution >= 0.6 is 12.4 Å². The molecule has 2 atom stereocenters. The van der Waals surface area contributed by atoms with Crippen LogP contribution < -0.4 is 15.5 Å². The predicted octanol–water partition coefficient (Wildman–Crippen LogP) is 2.82. The maximum atomic E-state index is 12.9. The van der Waals surface area contributed by atoms with Crippen molar-refractivity contribution < 1.29 is 4.79 Å². The summed E-state index contributed by atoms with van der Waals surface area (Å²) in [4.78, 5) is 19.7. The Morgan fingerprint density at radius 1 is 1.25 bits per heavy atom. The van der Waals surface area contributed by atoms with Gasteiger partial charge in [-0.25, -0.2) is 4.98 Å². The molecule has 2 aliphatic heterocycles. The molecule has 4 rings (SSSR count). The summed E-state index contributed by atoms with van der Waals surface area (Å²) in [5.74, 6) is 1.33. The third-order valence-corrected chi connectivity index (χ3v) is 5.95. The molecule has 2 N–H and O–H groups in total. The fraction of sp³-hybridized carbons (Fsp3) is 0.667. The molecule has 1 aromatic heterocycles. The number of carbonyl (C=O) groups excluding carboxylic acids is 1. The normalized spacial score (nSPS) is 29.0. The number of halogens is 1.